The Bertz CT molecular complexity index is 1040. The summed E-state index contributed by atoms with van der Waals surface area (Å²) in [7, 11) is 0. The number of urea groups is 1. The van der Waals surface area contributed by atoms with Gasteiger partial charge in [-0.05, 0) is 69.0 Å². The zero-order valence-electron chi connectivity index (χ0n) is 19.5. The van der Waals surface area contributed by atoms with E-state index in [1.165, 1.54) is 12.8 Å². The highest BCUT2D eigenvalue weighted by Crippen LogP contribution is 2.31. The zero-order chi connectivity index (χ0) is 26.7. The van der Waals surface area contributed by atoms with Gasteiger partial charge < -0.3 is 25.2 Å². The van der Waals surface area contributed by atoms with Crippen LogP contribution in [-0.4, -0.2) is 63.6 Å². The van der Waals surface area contributed by atoms with Crippen molar-refractivity contribution in [2.75, 3.05) is 31.5 Å². The predicted octanol–water partition coefficient (Wildman–Crippen LogP) is 4.55. The number of carbonyl (C=O) groups is 3. The minimum atomic E-state index is -1.38. The molecule has 1 fully saturated rings. The van der Waals surface area contributed by atoms with Gasteiger partial charge in [0.2, 0.25) is 5.88 Å². The Hall–Kier alpha value is -2.84. The van der Waals surface area contributed by atoms with E-state index in [0.29, 0.717) is 18.1 Å². The van der Waals surface area contributed by atoms with Gasteiger partial charge >= 0.3 is 12.0 Å². The molecule has 198 valence electrons. The number of aromatic carboxylic acids is 1. The number of halogens is 3. The van der Waals surface area contributed by atoms with Crippen molar-refractivity contribution in [1.29, 1.82) is 0 Å². The highest BCUT2D eigenvalue weighted by molar-refractivity contribution is 9.10. The molecule has 0 saturated carbocycles. The normalized spacial score (nSPS) is 13.0. The number of amides is 2. The molecule has 1 aromatic carbocycles. The maximum Gasteiger partial charge on any atom is 0.344 e. The summed E-state index contributed by atoms with van der Waals surface area (Å²) in [4.78, 5) is 35.2. The molecule has 1 aliphatic heterocycles. The van der Waals surface area contributed by atoms with Crippen LogP contribution in [0.25, 0.3) is 0 Å². The molecule has 3 rings (SSSR count). The quantitative estimate of drug-likeness (QED) is 0.294. The Morgan fingerprint density at radius 1 is 1.17 bits per heavy atom. The van der Waals surface area contributed by atoms with E-state index in [-0.39, 0.29) is 26.5 Å². The fourth-order valence-corrected chi connectivity index (χ4v) is 4.44. The van der Waals surface area contributed by atoms with Gasteiger partial charge in [0.15, 0.2) is 5.56 Å². The van der Waals surface area contributed by atoms with Crippen molar-refractivity contribution >= 4 is 50.4 Å². The summed E-state index contributed by atoms with van der Waals surface area (Å²) in [6.07, 6.45) is 4.24. The molecule has 36 heavy (non-hydrogen) atoms. The molecule has 2 amide bonds. The van der Waals surface area contributed by atoms with Crippen LogP contribution in [0.1, 0.15) is 48.5 Å². The van der Waals surface area contributed by atoms with Crippen molar-refractivity contribution in [1.82, 2.24) is 14.6 Å². The van der Waals surface area contributed by atoms with Gasteiger partial charge in [0.1, 0.15) is 23.2 Å². The summed E-state index contributed by atoms with van der Waals surface area (Å²) in [5.41, 5.74) is -0.740. The van der Waals surface area contributed by atoms with Crippen LogP contribution in [0.3, 0.4) is 0 Å². The number of unbranched alkanes of at least 4 members (excludes halogenated alkanes) is 1. The molecule has 1 saturated heterocycles. The fourth-order valence-electron chi connectivity index (χ4n) is 3.31. The number of likely N-dealkylation sites (tertiary alicyclic amines) is 1. The molecular formula is C22H27BrF2N4O6S. The van der Waals surface area contributed by atoms with Gasteiger partial charge in [-0.3, -0.25) is 10.1 Å². The van der Waals surface area contributed by atoms with Crippen LogP contribution in [0.2, 0.25) is 0 Å². The molecule has 14 heteroatoms. The Balaban J connectivity index is 0.00000106. The standard InChI is InChI=1S/C20H23BrF2N4O4S.C2H4O2/c21-12-9-14(22)13(15(23)10-12)11-31-17-16(19(28)29)18(32-26-17)25-20(30)24-5-1-2-6-27-7-3-4-8-27;1-2(3)4/h9-10H,1-8,11H2,(H,28,29)(H2,24,25,30);1H3,(H,3,4). The van der Waals surface area contributed by atoms with Crippen LogP contribution in [0.4, 0.5) is 18.6 Å². The Labute approximate surface area is 218 Å². The van der Waals surface area contributed by atoms with E-state index in [9.17, 15) is 23.5 Å². The van der Waals surface area contributed by atoms with Crippen LogP contribution < -0.4 is 15.4 Å². The topological polar surface area (TPSA) is 141 Å². The number of hydrogen-bond donors (Lipinski definition) is 4. The monoisotopic (exact) mass is 592 g/mol. The molecule has 0 atom stereocenters. The van der Waals surface area contributed by atoms with Gasteiger partial charge in [0, 0.05) is 17.9 Å². The van der Waals surface area contributed by atoms with Gasteiger partial charge in [-0.1, -0.05) is 15.9 Å². The maximum atomic E-state index is 14.0. The van der Waals surface area contributed by atoms with Crippen LogP contribution in [0.15, 0.2) is 16.6 Å². The molecular weight excluding hydrogens is 566 g/mol. The number of hydrogen-bond acceptors (Lipinski definition) is 7. The van der Waals surface area contributed by atoms with Gasteiger partial charge in [-0.25, -0.2) is 18.4 Å². The molecule has 10 nitrogen and oxygen atoms in total. The summed E-state index contributed by atoms with van der Waals surface area (Å²) in [5, 5.41) is 22.0. The van der Waals surface area contributed by atoms with E-state index >= 15 is 0 Å². The minimum absolute atomic E-state index is 0.0289. The zero-order valence-corrected chi connectivity index (χ0v) is 21.9. The van der Waals surface area contributed by atoms with E-state index in [0.717, 1.165) is 51.5 Å². The Kier molecular flexibility index (Phi) is 12.0. The molecule has 0 unspecified atom stereocenters. The fraction of sp³-hybridized carbons (Fsp3) is 0.455. The molecule has 0 spiro atoms. The smallest absolute Gasteiger partial charge is 0.344 e. The average molecular weight is 593 g/mol. The van der Waals surface area contributed by atoms with Gasteiger partial charge in [0.05, 0.1) is 5.56 Å². The molecule has 2 aromatic rings. The first kappa shape index (κ1) is 29.4. The first-order chi connectivity index (χ1) is 17.1. The molecule has 0 bridgehead atoms. The van der Waals surface area contributed by atoms with Crippen molar-refractivity contribution in [2.45, 2.75) is 39.2 Å². The molecule has 0 radical (unpaired) electrons. The van der Waals surface area contributed by atoms with Gasteiger partial charge in [0.25, 0.3) is 5.97 Å². The third-order valence-corrected chi connectivity index (χ3v) is 6.15. The third-order valence-electron chi connectivity index (χ3n) is 4.95. The van der Waals surface area contributed by atoms with Crippen LogP contribution >= 0.6 is 27.5 Å². The van der Waals surface area contributed by atoms with Crippen molar-refractivity contribution in [3.8, 4) is 5.88 Å². The Morgan fingerprint density at radius 2 is 1.78 bits per heavy atom. The van der Waals surface area contributed by atoms with E-state index in [2.05, 4.69) is 35.8 Å². The first-order valence-corrected chi connectivity index (χ1v) is 12.6. The van der Waals surface area contributed by atoms with E-state index in [1.54, 1.807) is 0 Å². The lowest BCUT2D eigenvalue weighted by molar-refractivity contribution is -0.134. The van der Waals surface area contributed by atoms with E-state index in [1.807, 2.05) is 0 Å². The summed E-state index contributed by atoms with van der Waals surface area (Å²) in [6.45, 7) is 4.23. The number of aromatic nitrogens is 1. The molecule has 1 aliphatic rings. The summed E-state index contributed by atoms with van der Waals surface area (Å²) < 4.78 is 37.3. The highest BCUT2D eigenvalue weighted by Gasteiger charge is 2.24. The van der Waals surface area contributed by atoms with Crippen molar-refractivity contribution in [2.24, 2.45) is 0 Å². The number of carbonyl (C=O) groups excluding carboxylic acids is 1. The second kappa shape index (κ2) is 14.7. The maximum absolute atomic E-state index is 14.0. The molecule has 2 heterocycles. The number of benzene rings is 1. The van der Waals surface area contributed by atoms with E-state index < -0.39 is 36.2 Å². The predicted molar refractivity (Wildman–Crippen MR) is 133 cm³/mol. The number of ether oxygens (including phenoxy) is 1. The summed E-state index contributed by atoms with van der Waals surface area (Å²) >= 11 is 3.69. The number of carboxylic acids is 2. The van der Waals surface area contributed by atoms with E-state index in [4.69, 9.17) is 14.6 Å². The molecule has 1 aromatic heterocycles. The summed E-state index contributed by atoms with van der Waals surface area (Å²) in [5.74, 6) is -4.23. The van der Waals surface area contributed by atoms with Gasteiger partial charge in [-0.15, -0.1) is 0 Å². The van der Waals surface area contributed by atoms with Gasteiger partial charge in [-0.2, -0.15) is 4.37 Å². The van der Waals surface area contributed by atoms with Crippen LogP contribution in [-0.2, 0) is 11.4 Å². The highest BCUT2D eigenvalue weighted by atomic mass is 79.9. The Morgan fingerprint density at radius 3 is 2.36 bits per heavy atom. The van der Waals surface area contributed by atoms with Crippen molar-refractivity contribution in [3.05, 3.63) is 39.4 Å². The third kappa shape index (κ3) is 9.66. The lowest BCUT2D eigenvalue weighted by atomic mass is 10.2. The lowest BCUT2D eigenvalue weighted by Crippen LogP contribution is -2.30. The van der Waals surface area contributed by atoms with Crippen molar-refractivity contribution < 1.29 is 38.1 Å². The number of rotatable bonds is 10. The SMILES string of the molecule is CC(=O)O.O=C(NCCCCN1CCCC1)Nc1snc(OCc2c(F)cc(Br)cc2F)c1C(=O)O. The molecule has 4 N–H and O–H groups in total. The number of nitrogens with zero attached hydrogens (tertiary/aromatic N) is 2. The second-order valence-corrected chi connectivity index (χ2v) is 9.48. The largest absolute Gasteiger partial charge is 0.481 e. The number of nitrogens with one attached hydrogen (secondary N) is 2. The van der Waals surface area contributed by atoms with Crippen molar-refractivity contribution in [3.63, 3.8) is 0 Å². The van der Waals surface area contributed by atoms with Crippen LogP contribution in [0.5, 0.6) is 5.88 Å². The number of aliphatic carboxylic acids is 1. The summed E-state index contributed by atoms with van der Waals surface area (Å²) in [6, 6.07) is 1.58. The second-order valence-electron chi connectivity index (χ2n) is 7.79. The lowest BCUT2D eigenvalue weighted by Gasteiger charge is -2.14. The molecule has 0 aliphatic carbocycles. The number of carboxylic acid groups (broad SMARTS) is 2. The minimum Gasteiger partial charge on any atom is -0.481 e. The average Bonchev–Trinajstić information content (AvgIpc) is 3.42. The van der Waals surface area contributed by atoms with Crippen LogP contribution in [0, 0.1) is 11.6 Å². The first-order valence-electron chi connectivity index (χ1n) is 11.0. The number of anilines is 1.